The van der Waals surface area contributed by atoms with Crippen molar-refractivity contribution in [2.24, 2.45) is 0 Å². The summed E-state index contributed by atoms with van der Waals surface area (Å²) in [5.41, 5.74) is 7.34. The quantitative estimate of drug-likeness (QED) is 0.762. The van der Waals surface area contributed by atoms with Crippen molar-refractivity contribution in [3.63, 3.8) is 0 Å². The SMILES string of the molecule is COc1cc(NC(=O)c2csc3c(N)ncnc23)cc(OC)c1. The van der Waals surface area contributed by atoms with Gasteiger partial charge in [0.2, 0.25) is 0 Å². The second-order valence-electron chi connectivity index (χ2n) is 4.64. The Hall–Kier alpha value is -2.87. The Kier molecular flexibility index (Phi) is 3.98. The molecule has 0 unspecified atom stereocenters. The highest BCUT2D eigenvalue weighted by molar-refractivity contribution is 7.18. The van der Waals surface area contributed by atoms with E-state index in [-0.39, 0.29) is 5.91 Å². The minimum absolute atomic E-state index is 0.287. The van der Waals surface area contributed by atoms with Crippen LogP contribution in [-0.4, -0.2) is 30.1 Å². The number of hydrogen-bond acceptors (Lipinski definition) is 7. The van der Waals surface area contributed by atoms with Crippen LogP contribution >= 0.6 is 11.3 Å². The number of methoxy groups -OCH3 is 2. The molecule has 3 N–H and O–H groups in total. The summed E-state index contributed by atoms with van der Waals surface area (Å²) in [7, 11) is 3.10. The highest BCUT2D eigenvalue weighted by Gasteiger charge is 2.16. The first kappa shape index (κ1) is 15.0. The number of thiophene rings is 1. The van der Waals surface area contributed by atoms with Gasteiger partial charge in [-0.3, -0.25) is 4.79 Å². The third-order valence-corrected chi connectivity index (χ3v) is 4.23. The first-order valence-corrected chi connectivity index (χ1v) is 7.52. The molecule has 8 heteroatoms. The minimum atomic E-state index is -0.287. The average Bonchev–Trinajstić information content (AvgIpc) is 3.00. The maximum atomic E-state index is 12.5. The Morgan fingerprint density at radius 3 is 2.52 bits per heavy atom. The predicted molar refractivity (Wildman–Crippen MR) is 89.3 cm³/mol. The number of ether oxygens (including phenoxy) is 2. The first-order chi connectivity index (χ1) is 11.1. The maximum absolute atomic E-state index is 12.5. The summed E-state index contributed by atoms with van der Waals surface area (Å²) in [5, 5.41) is 4.52. The number of carbonyl (C=O) groups is 1. The van der Waals surface area contributed by atoms with Gasteiger partial charge >= 0.3 is 0 Å². The summed E-state index contributed by atoms with van der Waals surface area (Å²) in [6.45, 7) is 0. The molecule has 0 radical (unpaired) electrons. The fraction of sp³-hybridized carbons (Fsp3) is 0.133. The number of nitrogens with one attached hydrogen (secondary N) is 1. The lowest BCUT2D eigenvalue weighted by molar-refractivity contribution is 0.102. The average molecular weight is 330 g/mol. The molecular weight excluding hydrogens is 316 g/mol. The zero-order chi connectivity index (χ0) is 16.4. The molecular formula is C15H14N4O3S. The topological polar surface area (TPSA) is 99.4 Å². The molecule has 118 valence electrons. The van der Waals surface area contributed by atoms with E-state index in [2.05, 4.69) is 15.3 Å². The highest BCUT2D eigenvalue weighted by atomic mass is 32.1. The molecule has 1 aromatic carbocycles. The van der Waals surface area contributed by atoms with E-state index in [0.29, 0.717) is 38.8 Å². The molecule has 3 aromatic rings. The Morgan fingerprint density at radius 1 is 1.17 bits per heavy atom. The van der Waals surface area contributed by atoms with Crippen molar-refractivity contribution in [1.82, 2.24) is 9.97 Å². The third-order valence-electron chi connectivity index (χ3n) is 3.24. The fourth-order valence-electron chi connectivity index (χ4n) is 2.11. The smallest absolute Gasteiger partial charge is 0.258 e. The van der Waals surface area contributed by atoms with Crippen LogP contribution in [0.25, 0.3) is 10.2 Å². The molecule has 3 rings (SSSR count). The van der Waals surface area contributed by atoms with E-state index in [1.54, 1.807) is 37.8 Å². The van der Waals surface area contributed by atoms with Gasteiger partial charge in [0.05, 0.1) is 30.0 Å². The van der Waals surface area contributed by atoms with Gasteiger partial charge in [0.25, 0.3) is 5.91 Å². The number of nitrogen functional groups attached to an aromatic ring is 1. The third kappa shape index (κ3) is 2.88. The van der Waals surface area contributed by atoms with E-state index in [1.165, 1.54) is 17.7 Å². The number of nitrogens with zero attached hydrogens (tertiary/aromatic N) is 2. The van der Waals surface area contributed by atoms with Gasteiger partial charge in [-0.05, 0) is 0 Å². The molecule has 0 fully saturated rings. The van der Waals surface area contributed by atoms with Crippen LogP contribution < -0.4 is 20.5 Å². The lowest BCUT2D eigenvalue weighted by Crippen LogP contribution is -2.12. The number of aromatic nitrogens is 2. The number of benzene rings is 1. The van der Waals surface area contributed by atoms with E-state index < -0.39 is 0 Å². The molecule has 1 amide bonds. The Labute approximate surface area is 136 Å². The molecule has 0 atom stereocenters. The van der Waals surface area contributed by atoms with Crippen molar-refractivity contribution in [1.29, 1.82) is 0 Å². The monoisotopic (exact) mass is 330 g/mol. The van der Waals surface area contributed by atoms with Gasteiger partial charge in [0.15, 0.2) is 0 Å². The van der Waals surface area contributed by atoms with E-state index >= 15 is 0 Å². The standard InChI is InChI=1S/C15H14N4O3S/c1-21-9-3-8(4-10(5-9)22-2)19-15(20)11-6-23-13-12(11)17-7-18-14(13)16/h3-7H,1-2H3,(H,19,20)(H2,16,17,18). The molecule has 7 nitrogen and oxygen atoms in total. The van der Waals surface area contributed by atoms with Gasteiger partial charge in [-0.15, -0.1) is 11.3 Å². The number of nitrogens with two attached hydrogens (primary N) is 1. The van der Waals surface area contributed by atoms with Gasteiger partial charge in [0, 0.05) is 29.3 Å². The molecule has 0 bridgehead atoms. The second kappa shape index (κ2) is 6.09. The van der Waals surface area contributed by atoms with E-state index in [4.69, 9.17) is 15.2 Å². The molecule has 0 aliphatic rings. The number of rotatable bonds is 4. The summed E-state index contributed by atoms with van der Waals surface area (Å²) in [5.74, 6) is 1.24. The van der Waals surface area contributed by atoms with Gasteiger partial charge in [0.1, 0.15) is 23.6 Å². The van der Waals surface area contributed by atoms with Crippen LogP contribution in [0.5, 0.6) is 11.5 Å². The summed E-state index contributed by atoms with van der Waals surface area (Å²) in [6.07, 6.45) is 1.34. The van der Waals surface area contributed by atoms with Gasteiger partial charge in [-0.1, -0.05) is 0 Å². The summed E-state index contributed by atoms with van der Waals surface area (Å²) in [4.78, 5) is 20.6. The predicted octanol–water partition coefficient (Wildman–Crippen LogP) is 2.54. The number of amides is 1. The van der Waals surface area contributed by atoms with E-state index in [9.17, 15) is 4.79 Å². The number of carbonyl (C=O) groups excluding carboxylic acids is 1. The Balaban J connectivity index is 1.93. The summed E-state index contributed by atoms with van der Waals surface area (Å²) in [6, 6.07) is 5.14. The normalized spacial score (nSPS) is 10.5. The second-order valence-corrected chi connectivity index (χ2v) is 5.52. The van der Waals surface area contributed by atoms with Crippen molar-refractivity contribution in [3.8, 4) is 11.5 Å². The van der Waals surface area contributed by atoms with Crippen LogP contribution in [0.1, 0.15) is 10.4 Å². The zero-order valence-electron chi connectivity index (χ0n) is 12.5. The van der Waals surface area contributed by atoms with Crippen LogP contribution in [0.4, 0.5) is 11.5 Å². The van der Waals surface area contributed by atoms with Crippen LogP contribution in [0.15, 0.2) is 29.9 Å². The summed E-state index contributed by atoms with van der Waals surface area (Å²) < 4.78 is 11.1. The molecule has 2 heterocycles. The van der Waals surface area contributed by atoms with Gasteiger partial charge in [-0.25, -0.2) is 9.97 Å². The van der Waals surface area contributed by atoms with Crippen LogP contribution in [-0.2, 0) is 0 Å². The van der Waals surface area contributed by atoms with Crippen molar-refractivity contribution in [3.05, 3.63) is 35.5 Å². The molecule has 0 spiro atoms. The van der Waals surface area contributed by atoms with E-state index in [1.807, 2.05) is 0 Å². The Bertz CT molecular complexity index is 856. The van der Waals surface area contributed by atoms with E-state index in [0.717, 1.165) is 0 Å². The van der Waals surface area contributed by atoms with Crippen LogP contribution in [0, 0.1) is 0 Å². The number of fused-ring (bicyclic) bond motifs is 1. The van der Waals surface area contributed by atoms with Gasteiger partial charge in [-0.2, -0.15) is 0 Å². The van der Waals surface area contributed by atoms with Crippen LogP contribution in [0.3, 0.4) is 0 Å². The molecule has 23 heavy (non-hydrogen) atoms. The van der Waals surface area contributed by atoms with Gasteiger partial charge < -0.3 is 20.5 Å². The molecule has 0 saturated heterocycles. The lowest BCUT2D eigenvalue weighted by Gasteiger charge is -2.09. The highest BCUT2D eigenvalue weighted by Crippen LogP contribution is 2.29. The van der Waals surface area contributed by atoms with Crippen molar-refractivity contribution >= 4 is 39.0 Å². The number of anilines is 2. The largest absolute Gasteiger partial charge is 0.497 e. The Morgan fingerprint density at radius 2 is 1.87 bits per heavy atom. The lowest BCUT2D eigenvalue weighted by atomic mass is 10.2. The maximum Gasteiger partial charge on any atom is 0.258 e. The first-order valence-electron chi connectivity index (χ1n) is 6.64. The van der Waals surface area contributed by atoms with Crippen molar-refractivity contribution < 1.29 is 14.3 Å². The zero-order valence-corrected chi connectivity index (χ0v) is 13.3. The van der Waals surface area contributed by atoms with Crippen LogP contribution in [0.2, 0.25) is 0 Å². The molecule has 2 aromatic heterocycles. The molecule has 0 aliphatic heterocycles. The molecule has 0 aliphatic carbocycles. The van der Waals surface area contributed by atoms with Crippen molar-refractivity contribution in [2.75, 3.05) is 25.3 Å². The minimum Gasteiger partial charge on any atom is -0.497 e. The van der Waals surface area contributed by atoms with Crippen molar-refractivity contribution in [2.45, 2.75) is 0 Å². The fourth-order valence-corrected chi connectivity index (χ4v) is 3.01. The summed E-state index contributed by atoms with van der Waals surface area (Å²) >= 11 is 1.33. The number of hydrogen-bond donors (Lipinski definition) is 2. The molecule has 0 saturated carbocycles.